The van der Waals surface area contributed by atoms with Gasteiger partial charge in [0, 0.05) is 6.04 Å². The normalized spacial score (nSPS) is 14.8. The Morgan fingerprint density at radius 3 is 2.30 bits per heavy atom. The molecule has 1 aromatic rings. The van der Waals surface area contributed by atoms with E-state index in [9.17, 15) is 9.90 Å². The zero-order valence-electron chi connectivity index (χ0n) is 12.8. The van der Waals surface area contributed by atoms with Gasteiger partial charge in [0.15, 0.2) is 0 Å². The molecule has 0 spiro atoms. The topological polar surface area (TPSA) is 40.5 Å². The minimum absolute atomic E-state index is 0.0564. The van der Waals surface area contributed by atoms with Crippen LogP contribution in [-0.2, 0) is 4.79 Å². The first-order valence-electron chi connectivity index (χ1n) is 6.90. The zero-order valence-corrected chi connectivity index (χ0v) is 13.8. The summed E-state index contributed by atoms with van der Waals surface area (Å²) in [5.41, 5.74) is 0.858. The number of carboxylic acid groups (broad SMARTS) is 1. The molecule has 0 heterocycles. The standard InChI is InChI=1S/C16H25NO2Si/c1-6-10-14(17(2)20(3,4)5)15(16(18)19)13-11-8-7-9-12-13/h6-9,11-12,14-15H,1,10H2,2-5H3,(H,18,19). The van der Waals surface area contributed by atoms with Crippen molar-refractivity contribution in [2.24, 2.45) is 0 Å². The summed E-state index contributed by atoms with van der Waals surface area (Å²) in [6, 6.07) is 9.43. The molecule has 0 bridgehead atoms. The van der Waals surface area contributed by atoms with Gasteiger partial charge in [0.25, 0.3) is 0 Å². The molecule has 0 aromatic heterocycles. The average molecular weight is 291 g/mol. The average Bonchev–Trinajstić information content (AvgIpc) is 2.37. The Labute approximate surface area is 123 Å². The molecule has 0 amide bonds. The summed E-state index contributed by atoms with van der Waals surface area (Å²) < 4.78 is 2.26. The Morgan fingerprint density at radius 2 is 1.90 bits per heavy atom. The van der Waals surface area contributed by atoms with Crippen LogP contribution in [0.1, 0.15) is 17.9 Å². The number of rotatable bonds is 7. The second-order valence-corrected chi connectivity index (χ2v) is 11.1. The number of hydrogen-bond acceptors (Lipinski definition) is 2. The molecule has 0 aliphatic heterocycles. The van der Waals surface area contributed by atoms with Gasteiger partial charge in [-0.05, 0) is 19.0 Å². The molecular weight excluding hydrogens is 266 g/mol. The third kappa shape index (κ3) is 4.05. The molecule has 0 saturated heterocycles. The first-order valence-corrected chi connectivity index (χ1v) is 10.4. The molecule has 4 heteroatoms. The van der Waals surface area contributed by atoms with Crippen LogP contribution in [0.4, 0.5) is 0 Å². The van der Waals surface area contributed by atoms with E-state index in [4.69, 9.17) is 0 Å². The molecule has 1 rings (SSSR count). The number of benzene rings is 1. The Morgan fingerprint density at radius 1 is 1.35 bits per heavy atom. The third-order valence-corrected chi connectivity index (χ3v) is 6.22. The van der Waals surface area contributed by atoms with Gasteiger partial charge >= 0.3 is 5.97 Å². The van der Waals surface area contributed by atoms with Crippen LogP contribution in [0.2, 0.25) is 19.6 Å². The van der Waals surface area contributed by atoms with E-state index in [2.05, 4.69) is 30.8 Å². The molecule has 1 N–H and O–H groups in total. The quantitative estimate of drug-likeness (QED) is 0.617. The summed E-state index contributed by atoms with van der Waals surface area (Å²) in [7, 11) is 0.461. The first kappa shape index (κ1) is 16.7. The molecule has 110 valence electrons. The van der Waals surface area contributed by atoms with Crippen LogP contribution in [0.3, 0.4) is 0 Å². The Balaban J connectivity index is 3.20. The maximum atomic E-state index is 11.8. The Bertz CT molecular complexity index is 453. The highest BCUT2D eigenvalue weighted by molar-refractivity contribution is 6.73. The van der Waals surface area contributed by atoms with Crippen molar-refractivity contribution in [3.63, 3.8) is 0 Å². The van der Waals surface area contributed by atoms with Crippen molar-refractivity contribution in [3.05, 3.63) is 48.6 Å². The number of nitrogens with zero attached hydrogens (tertiary/aromatic N) is 1. The highest BCUT2D eigenvalue weighted by Crippen LogP contribution is 2.29. The Kier molecular flexibility index (Phi) is 5.71. The monoisotopic (exact) mass is 291 g/mol. The van der Waals surface area contributed by atoms with Gasteiger partial charge in [-0.25, -0.2) is 0 Å². The predicted molar refractivity (Wildman–Crippen MR) is 86.5 cm³/mol. The summed E-state index contributed by atoms with van der Waals surface area (Å²) in [5, 5.41) is 9.69. The second kappa shape index (κ2) is 6.86. The van der Waals surface area contributed by atoms with E-state index >= 15 is 0 Å². The van der Waals surface area contributed by atoms with Crippen molar-refractivity contribution in [2.75, 3.05) is 7.05 Å². The molecule has 2 atom stereocenters. The fraction of sp³-hybridized carbons (Fsp3) is 0.438. The lowest BCUT2D eigenvalue weighted by molar-refractivity contribution is -0.140. The molecule has 1 aromatic carbocycles. The molecule has 0 saturated carbocycles. The van der Waals surface area contributed by atoms with E-state index in [1.807, 2.05) is 43.5 Å². The molecule has 0 fully saturated rings. The van der Waals surface area contributed by atoms with Gasteiger partial charge in [0.2, 0.25) is 0 Å². The Hall–Kier alpha value is -1.39. The first-order chi connectivity index (χ1) is 9.29. The number of hydrogen-bond donors (Lipinski definition) is 1. The molecule has 20 heavy (non-hydrogen) atoms. The van der Waals surface area contributed by atoms with Crippen LogP contribution >= 0.6 is 0 Å². The van der Waals surface area contributed by atoms with E-state index < -0.39 is 20.1 Å². The van der Waals surface area contributed by atoms with E-state index in [0.29, 0.717) is 6.42 Å². The van der Waals surface area contributed by atoms with Gasteiger partial charge in [-0.1, -0.05) is 56.0 Å². The van der Waals surface area contributed by atoms with E-state index in [0.717, 1.165) is 5.56 Å². The SMILES string of the molecule is C=CCC(C(C(=O)O)c1ccccc1)N(C)[Si](C)(C)C. The van der Waals surface area contributed by atoms with Crippen molar-refractivity contribution >= 4 is 14.2 Å². The summed E-state index contributed by atoms with van der Waals surface area (Å²) in [5.74, 6) is -1.29. The summed E-state index contributed by atoms with van der Waals surface area (Å²) in [6.45, 7) is 10.5. The van der Waals surface area contributed by atoms with Crippen LogP contribution in [0.15, 0.2) is 43.0 Å². The predicted octanol–water partition coefficient (Wildman–Crippen LogP) is 3.57. The summed E-state index contributed by atoms with van der Waals surface area (Å²) in [6.07, 6.45) is 2.49. The van der Waals surface area contributed by atoms with Gasteiger partial charge in [0.05, 0.1) is 5.92 Å². The lowest BCUT2D eigenvalue weighted by Gasteiger charge is -2.40. The number of carbonyl (C=O) groups is 1. The van der Waals surface area contributed by atoms with Crippen molar-refractivity contribution in [1.82, 2.24) is 4.57 Å². The fourth-order valence-electron chi connectivity index (χ4n) is 2.38. The molecule has 0 aliphatic rings. The number of aliphatic carboxylic acids is 1. The van der Waals surface area contributed by atoms with Gasteiger partial charge in [-0.2, -0.15) is 0 Å². The van der Waals surface area contributed by atoms with E-state index in [1.165, 1.54) is 0 Å². The van der Waals surface area contributed by atoms with Gasteiger partial charge < -0.3 is 9.67 Å². The lowest BCUT2D eigenvalue weighted by Crippen LogP contribution is -2.52. The van der Waals surface area contributed by atoms with Gasteiger partial charge in [-0.15, -0.1) is 6.58 Å². The minimum Gasteiger partial charge on any atom is -0.481 e. The van der Waals surface area contributed by atoms with Crippen LogP contribution in [0.25, 0.3) is 0 Å². The van der Waals surface area contributed by atoms with Crippen LogP contribution in [-0.4, -0.2) is 37.0 Å². The number of likely N-dealkylation sites (N-methyl/N-ethyl adjacent to an activating group) is 1. The van der Waals surface area contributed by atoms with E-state index in [-0.39, 0.29) is 6.04 Å². The summed E-state index contributed by atoms with van der Waals surface area (Å²) in [4.78, 5) is 11.8. The zero-order chi connectivity index (χ0) is 15.3. The lowest BCUT2D eigenvalue weighted by atomic mass is 9.89. The molecule has 0 radical (unpaired) electrons. The minimum atomic E-state index is -1.58. The van der Waals surface area contributed by atoms with Gasteiger partial charge in [0.1, 0.15) is 8.24 Å². The largest absolute Gasteiger partial charge is 0.481 e. The van der Waals surface area contributed by atoms with Crippen LogP contribution in [0, 0.1) is 0 Å². The highest BCUT2D eigenvalue weighted by atomic mass is 28.3. The molecule has 2 unspecified atom stereocenters. The summed E-state index contributed by atoms with van der Waals surface area (Å²) >= 11 is 0. The van der Waals surface area contributed by atoms with Crippen molar-refractivity contribution < 1.29 is 9.90 Å². The third-order valence-electron chi connectivity index (χ3n) is 3.77. The molecular formula is C16H25NO2Si. The fourth-order valence-corrected chi connectivity index (χ4v) is 3.63. The number of carboxylic acids is 1. The van der Waals surface area contributed by atoms with Crippen LogP contribution < -0.4 is 0 Å². The maximum Gasteiger partial charge on any atom is 0.312 e. The van der Waals surface area contributed by atoms with E-state index in [1.54, 1.807) is 0 Å². The maximum absolute atomic E-state index is 11.8. The molecule has 0 aliphatic carbocycles. The smallest absolute Gasteiger partial charge is 0.312 e. The van der Waals surface area contributed by atoms with Crippen molar-refractivity contribution in [2.45, 2.75) is 38.0 Å². The molecule has 3 nitrogen and oxygen atoms in total. The van der Waals surface area contributed by atoms with Crippen molar-refractivity contribution in [3.8, 4) is 0 Å². The van der Waals surface area contributed by atoms with Crippen LogP contribution in [0.5, 0.6) is 0 Å². The second-order valence-electron chi connectivity index (χ2n) is 6.10. The van der Waals surface area contributed by atoms with Gasteiger partial charge in [-0.3, -0.25) is 4.79 Å². The highest BCUT2D eigenvalue weighted by Gasteiger charge is 2.36. The van der Waals surface area contributed by atoms with Crippen molar-refractivity contribution in [1.29, 1.82) is 0 Å².